The summed E-state index contributed by atoms with van der Waals surface area (Å²) in [6, 6.07) is 11.0. The van der Waals surface area contributed by atoms with E-state index in [2.05, 4.69) is 10.1 Å². The van der Waals surface area contributed by atoms with Crippen molar-refractivity contribution >= 4 is 17.8 Å². The zero-order chi connectivity index (χ0) is 20.5. The highest BCUT2D eigenvalue weighted by molar-refractivity contribution is 5.94. The molecule has 148 valence electrons. The highest BCUT2D eigenvalue weighted by Gasteiger charge is 2.12. The van der Waals surface area contributed by atoms with Gasteiger partial charge >= 0.3 is 11.9 Å². The molecule has 0 saturated carbocycles. The number of methoxy groups -OCH3 is 3. The van der Waals surface area contributed by atoms with Gasteiger partial charge in [-0.05, 0) is 42.0 Å². The summed E-state index contributed by atoms with van der Waals surface area (Å²) in [5.74, 6) is -0.484. The molecule has 2 aromatic carbocycles. The fraction of sp³-hybridized carbons (Fsp3) is 0.250. The quantitative estimate of drug-likeness (QED) is 0.691. The predicted molar refractivity (Wildman–Crippen MR) is 99.5 cm³/mol. The summed E-state index contributed by atoms with van der Waals surface area (Å²) in [6.45, 7) is -0.185. The van der Waals surface area contributed by atoms with Gasteiger partial charge in [0.05, 0.1) is 32.5 Å². The average molecular weight is 387 g/mol. The van der Waals surface area contributed by atoms with Crippen molar-refractivity contribution < 1.29 is 33.3 Å². The minimum Gasteiger partial charge on any atom is -0.493 e. The standard InChI is InChI=1S/C20H21NO7/c1-25-16-9-4-13(10-17(16)26-2)11-21-18(22)12-28-20(24)15-7-5-14(6-8-15)19(23)27-3/h4-10H,11-12H2,1-3H3,(H,21,22). The molecule has 0 saturated heterocycles. The van der Waals surface area contributed by atoms with E-state index >= 15 is 0 Å². The summed E-state index contributed by atoms with van der Waals surface area (Å²) in [7, 11) is 4.33. The summed E-state index contributed by atoms with van der Waals surface area (Å²) in [6.07, 6.45) is 0. The lowest BCUT2D eigenvalue weighted by Gasteiger charge is -2.10. The average Bonchev–Trinajstić information content (AvgIpc) is 2.75. The summed E-state index contributed by atoms with van der Waals surface area (Å²) >= 11 is 0. The van der Waals surface area contributed by atoms with Gasteiger partial charge in [-0.3, -0.25) is 4.79 Å². The van der Waals surface area contributed by atoms with E-state index in [0.717, 1.165) is 5.56 Å². The Morgan fingerprint density at radius 1 is 0.821 bits per heavy atom. The Morgan fingerprint density at radius 2 is 1.43 bits per heavy atom. The van der Waals surface area contributed by atoms with Gasteiger partial charge in [-0.15, -0.1) is 0 Å². The van der Waals surface area contributed by atoms with Gasteiger partial charge in [0.2, 0.25) is 0 Å². The van der Waals surface area contributed by atoms with Gasteiger partial charge < -0.3 is 24.3 Å². The summed E-state index contributed by atoms with van der Waals surface area (Å²) in [5, 5.41) is 2.65. The zero-order valence-electron chi connectivity index (χ0n) is 15.8. The van der Waals surface area contributed by atoms with Crippen LogP contribution in [0.2, 0.25) is 0 Å². The number of esters is 2. The summed E-state index contributed by atoms with van der Waals surface area (Å²) < 4.78 is 19.9. The van der Waals surface area contributed by atoms with Crippen LogP contribution in [-0.2, 0) is 20.8 Å². The molecule has 0 heterocycles. The molecule has 8 heteroatoms. The first kappa shape index (κ1) is 20.8. The molecule has 0 aliphatic rings. The van der Waals surface area contributed by atoms with Crippen LogP contribution in [0.5, 0.6) is 11.5 Å². The number of carbonyl (C=O) groups excluding carboxylic acids is 3. The molecular formula is C20H21NO7. The second-order valence-corrected chi connectivity index (χ2v) is 5.61. The van der Waals surface area contributed by atoms with Gasteiger partial charge in [0.15, 0.2) is 18.1 Å². The van der Waals surface area contributed by atoms with Crippen LogP contribution >= 0.6 is 0 Å². The van der Waals surface area contributed by atoms with E-state index in [1.54, 1.807) is 18.2 Å². The number of rotatable bonds is 8. The lowest BCUT2D eigenvalue weighted by atomic mass is 10.1. The Morgan fingerprint density at radius 3 is 2.00 bits per heavy atom. The number of hydrogen-bond donors (Lipinski definition) is 1. The van der Waals surface area contributed by atoms with Crippen LogP contribution in [0.4, 0.5) is 0 Å². The van der Waals surface area contributed by atoms with Crippen LogP contribution in [-0.4, -0.2) is 45.8 Å². The number of carbonyl (C=O) groups is 3. The smallest absolute Gasteiger partial charge is 0.338 e. The lowest BCUT2D eigenvalue weighted by Crippen LogP contribution is -2.28. The lowest BCUT2D eigenvalue weighted by molar-refractivity contribution is -0.124. The molecule has 0 unspecified atom stereocenters. The Bertz CT molecular complexity index is 846. The number of benzene rings is 2. The van der Waals surface area contributed by atoms with Crippen LogP contribution in [0.3, 0.4) is 0 Å². The first-order valence-electron chi connectivity index (χ1n) is 8.31. The normalized spacial score (nSPS) is 9.96. The fourth-order valence-corrected chi connectivity index (χ4v) is 2.32. The first-order chi connectivity index (χ1) is 13.5. The van der Waals surface area contributed by atoms with E-state index < -0.39 is 24.5 Å². The van der Waals surface area contributed by atoms with Gasteiger partial charge in [-0.25, -0.2) is 9.59 Å². The van der Waals surface area contributed by atoms with E-state index in [4.69, 9.17) is 14.2 Å². The van der Waals surface area contributed by atoms with E-state index in [1.165, 1.54) is 45.6 Å². The van der Waals surface area contributed by atoms with Crippen molar-refractivity contribution in [3.63, 3.8) is 0 Å². The van der Waals surface area contributed by atoms with Crippen LogP contribution in [0, 0.1) is 0 Å². The Hall–Kier alpha value is -3.55. The maximum atomic E-state index is 12.0. The van der Waals surface area contributed by atoms with Crippen molar-refractivity contribution in [2.45, 2.75) is 6.54 Å². The maximum Gasteiger partial charge on any atom is 0.338 e. The molecule has 8 nitrogen and oxygen atoms in total. The molecule has 28 heavy (non-hydrogen) atoms. The van der Waals surface area contributed by atoms with Crippen LogP contribution in [0.25, 0.3) is 0 Å². The van der Waals surface area contributed by atoms with Crippen molar-refractivity contribution in [1.82, 2.24) is 5.32 Å². The molecule has 2 rings (SSSR count). The third-order valence-corrected chi connectivity index (χ3v) is 3.81. The van der Waals surface area contributed by atoms with Crippen LogP contribution < -0.4 is 14.8 Å². The first-order valence-corrected chi connectivity index (χ1v) is 8.31. The van der Waals surface area contributed by atoms with Crippen LogP contribution in [0.15, 0.2) is 42.5 Å². The molecule has 1 N–H and O–H groups in total. The predicted octanol–water partition coefficient (Wildman–Crippen LogP) is 1.96. The number of nitrogens with one attached hydrogen (secondary N) is 1. The van der Waals surface area contributed by atoms with Gasteiger partial charge in [0.1, 0.15) is 0 Å². The molecule has 0 bridgehead atoms. The molecule has 0 radical (unpaired) electrons. The van der Waals surface area contributed by atoms with E-state index in [-0.39, 0.29) is 12.1 Å². The SMILES string of the molecule is COC(=O)c1ccc(C(=O)OCC(=O)NCc2ccc(OC)c(OC)c2)cc1. The van der Waals surface area contributed by atoms with Gasteiger partial charge in [0, 0.05) is 6.54 Å². The van der Waals surface area contributed by atoms with Gasteiger partial charge in [0.25, 0.3) is 5.91 Å². The largest absolute Gasteiger partial charge is 0.493 e. The fourth-order valence-electron chi connectivity index (χ4n) is 2.32. The van der Waals surface area contributed by atoms with Crippen molar-refractivity contribution in [2.24, 2.45) is 0 Å². The molecular weight excluding hydrogens is 366 g/mol. The molecule has 0 aromatic heterocycles. The molecule has 2 aromatic rings. The zero-order valence-corrected chi connectivity index (χ0v) is 15.8. The molecule has 0 aliphatic carbocycles. The Labute approximate surface area is 162 Å². The minimum atomic E-state index is -0.669. The molecule has 0 fully saturated rings. The van der Waals surface area contributed by atoms with E-state index in [0.29, 0.717) is 17.1 Å². The Kier molecular flexibility index (Phi) is 7.38. The third-order valence-electron chi connectivity index (χ3n) is 3.81. The summed E-state index contributed by atoms with van der Waals surface area (Å²) in [5.41, 5.74) is 1.34. The molecule has 1 amide bonds. The second kappa shape index (κ2) is 9.96. The maximum absolute atomic E-state index is 12.0. The number of amides is 1. The third kappa shape index (κ3) is 5.47. The second-order valence-electron chi connectivity index (χ2n) is 5.61. The Balaban J connectivity index is 1.83. The van der Waals surface area contributed by atoms with Gasteiger partial charge in [-0.2, -0.15) is 0 Å². The highest BCUT2D eigenvalue weighted by atomic mass is 16.5. The molecule has 0 atom stereocenters. The highest BCUT2D eigenvalue weighted by Crippen LogP contribution is 2.27. The number of ether oxygens (including phenoxy) is 4. The van der Waals surface area contributed by atoms with Crippen molar-refractivity contribution in [3.05, 3.63) is 59.2 Å². The van der Waals surface area contributed by atoms with Crippen molar-refractivity contribution in [3.8, 4) is 11.5 Å². The van der Waals surface area contributed by atoms with Crippen molar-refractivity contribution in [1.29, 1.82) is 0 Å². The van der Waals surface area contributed by atoms with Gasteiger partial charge in [-0.1, -0.05) is 6.07 Å². The summed E-state index contributed by atoms with van der Waals surface area (Å²) in [4.78, 5) is 35.3. The van der Waals surface area contributed by atoms with Crippen LogP contribution in [0.1, 0.15) is 26.3 Å². The van der Waals surface area contributed by atoms with Crippen molar-refractivity contribution in [2.75, 3.05) is 27.9 Å². The topological polar surface area (TPSA) is 100 Å². The van der Waals surface area contributed by atoms with E-state index in [9.17, 15) is 14.4 Å². The number of hydrogen-bond acceptors (Lipinski definition) is 7. The monoisotopic (exact) mass is 387 g/mol. The minimum absolute atomic E-state index is 0.223. The van der Waals surface area contributed by atoms with E-state index in [1.807, 2.05) is 0 Å². The molecule has 0 aliphatic heterocycles. The molecule has 0 spiro atoms.